The first kappa shape index (κ1) is 29.3. The summed E-state index contributed by atoms with van der Waals surface area (Å²) in [5, 5.41) is 0.304. The van der Waals surface area contributed by atoms with Crippen molar-refractivity contribution in [2.75, 3.05) is 23.7 Å². The number of nitrogens with one attached hydrogen (secondary N) is 1. The number of anilines is 2. The average molecular weight is 607 g/mol. The summed E-state index contributed by atoms with van der Waals surface area (Å²) < 4.78 is 33.8. The molecule has 1 unspecified atom stereocenters. The lowest BCUT2D eigenvalue weighted by Crippen LogP contribution is -2.38. The third kappa shape index (κ3) is 6.80. The monoisotopic (exact) mass is 606 g/mol. The van der Waals surface area contributed by atoms with E-state index in [1.54, 1.807) is 24.4 Å². The van der Waals surface area contributed by atoms with Gasteiger partial charge in [-0.1, -0.05) is 29.8 Å². The van der Waals surface area contributed by atoms with Crippen molar-refractivity contribution < 1.29 is 17.9 Å². The molecule has 1 aromatic carbocycles. The molecule has 1 fully saturated rings. The highest BCUT2D eigenvalue weighted by Gasteiger charge is 2.29. The van der Waals surface area contributed by atoms with Gasteiger partial charge in [-0.2, -0.15) is 8.42 Å². The van der Waals surface area contributed by atoms with Gasteiger partial charge in [0.2, 0.25) is 5.88 Å². The normalized spacial score (nSPS) is 15.4. The van der Waals surface area contributed by atoms with Crippen LogP contribution in [0.5, 0.6) is 5.88 Å². The van der Waals surface area contributed by atoms with E-state index in [9.17, 15) is 13.2 Å². The molecule has 42 heavy (non-hydrogen) atoms. The van der Waals surface area contributed by atoms with Gasteiger partial charge in [0.15, 0.2) is 5.03 Å². The molecule has 1 amide bonds. The number of carbonyl (C=O) groups is 1. The number of halogens is 1. The van der Waals surface area contributed by atoms with Crippen LogP contribution in [0.3, 0.4) is 0 Å². The summed E-state index contributed by atoms with van der Waals surface area (Å²) in [5.41, 5.74) is 8.18. The molecule has 5 rings (SSSR count). The maximum atomic E-state index is 13.5. The minimum Gasteiger partial charge on any atom is -0.475 e. The van der Waals surface area contributed by atoms with Gasteiger partial charge in [-0.15, -0.1) is 0 Å². The Hall–Kier alpha value is -4.22. The number of rotatable bonds is 8. The third-order valence-corrected chi connectivity index (χ3v) is 8.26. The van der Waals surface area contributed by atoms with Gasteiger partial charge in [0.1, 0.15) is 11.6 Å². The largest absolute Gasteiger partial charge is 0.475 e. The first-order valence-corrected chi connectivity index (χ1v) is 15.4. The fourth-order valence-electron chi connectivity index (χ4n) is 4.88. The van der Waals surface area contributed by atoms with Crippen LogP contribution in [0.4, 0.5) is 11.6 Å². The Balaban J connectivity index is 1.50. The van der Waals surface area contributed by atoms with Crippen molar-refractivity contribution in [1.82, 2.24) is 19.7 Å². The molecule has 1 aliphatic heterocycles. The predicted octanol–water partition coefficient (Wildman–Crippen LogP) is 5.06. The Morgan fingerprint density at radius 3 is 2.62 bits per heavy atom. The first-order valence-electron chi connectivity index (χ1n) is 13.5. The second-order valence-electron chi connectivity index (χ2n) is 10.3. The maximum absolute atomic E-state index is 13.5. The average Bonchev–Trinajstić information content (AvgIpc) is 2.97. The highest BCUT2D eigenvalue weighted by Crippen LogP contribution is 2.33. The van der Waals surface area contributed by atoms with Crippen LogP contribution < -0.4 is 20.1 Å². The summed E-state index contributed by atoms with van der Waals surface area (Å²) in [4.78, 5) is 28.6. The van der Waals surface area contributed by atoms with Crippen molar-refractivity contribution in [2.45, 2.75) is 43.7 Å². The van der Waals surface area contributed by atoms with Gasteiger partial charge >= 0.3 is 0 Å². The summed E-state index contributed by atoms with van der Waals surface area (Å²) in [7, 11) is -4.29. The molecule has 12 heteroatoms. The van der Waals surface area contributed by atoms with Gasteiger partial charge in [-0.05, 0) is 74.7 Å². The number of nitrogens with zero attached hydrogens (tertiary/aromatic N) is 4. The Labute approximate surface area is 250 Å². The van der Waals surface area contributed by atoms with Gasteiger partial charge in [0, 0.05) is 41.9 Å². The van der Waals surface area contributed by atoms with Crippen LogP contribution in [0.25, 0.3) is 11.3 Å². The first-order chi connectivity index (χ1) is 20.1. The van der Waals surface area contributed by atoms with Crippen molar-refractivity contribution in [2.24, 2.45) is 0 Å². The zero-order valence-corrected chi connectivity index (χ0v) is 24.8. The van der Waals surface area contributed by atoms with E-state index in [2.05, 4.69) is 14.7 Å². The van der Waals surface area contributed by atoms with Gasteiger partial charge in [0.25, 0.3) is 15.9 Å². The predicted molar refractivity (Wildman–Crippen MR) is 162 cm³/mol. The summed E-state index contributed by atoms with van der Waals surface area (Å²) in [6.45, 7) is 5.05. The number of hydrogen-bond acceptors (Lipinski definition) is 9. The number of benzene rings is 1. The van der Waals surface area contributed by atoms with Crippen molar-refractivity contribution in [3.63, 3.8) is 0 Å². The summed E-state index contributed by atoms with van der Waals surface area (Å²) in [6.07, 6.45) is 3.42. The lowest BCUT2D eigenvalue weighted by Gasteiger charge is -2.35. The van der Waals surface area contributed by atoms with Crippen LogP contribution in [-0.4, -0.2) is 48.5 Å². The van der Waals surface area contributed by atoms with Crippen LogP contribution >= 0.6 is 11.6 Å². The number of amides is 1. The summed E-state index contributed by atoms with van der Waals surface area (Å²) >= 11 is 6.27. The van der Waals surface area contributed by atoms with E-state index in [0.29, 0.717) is 35.5 Å². The second kappa shape index (κ2) is 12.3. The highest BCUT2D eigenvalue weighted by molar-refractivity contribution is 7.90. The molecule has 1 aliphatic rings. The zero-order chi connectivity index (χ0) is 29.9. The lowest BCUT2D eigenvalue weighted by molar-refractivity contribution is 0.0981. The van der Waals surface area contributed by atoms with Crippen LogP contribution in [0, 0.1) is 0 Å². The molecule has 0 aliphatic carbocycles. The molecular weight excluding hydrogens is 576 g/mol. The number of carbonyl (C=O) groups excluding carboxylic acids is 1. The number of nitrogen functional groups attached to an aromatic ring is 1. The van der Waals surface area contributed by atoms with Crippen molar-refractivity contribution in [3.05, 3.63) is 89.1 Å². The SMILES string of the molecule is CC(C)Oc1ccc(-c2ccc(C(=O)NS(=O)(=O)c3cccc(N)n3)c(N3CCCC(c4cccc(Cl)c4)C3)n2)cn1. The fourth-order valence-corrected chi connectivity index (χ4v) is 6.02. The quantitative estimate of drug-likeness (QED) is 0.281. The molecule has 1 saturated heterocycles. The Morgan fingerprint density at radius 1 is 1.10 bits per heavy atom. The van der Waals surface area contributed by atoms with E-state index in [0.717, 1.165) is 24.0 Å². The summed E-state index contributed by atoms with van der Waals surface area (Å²) in [6, 6.07) is 18.8. The van der Waals surface area contributed by atoms with E-state index < -0.39 is 15.9 Å². The fraction of sp³-hybridized carbons (Fsp3) is 0.267. The van der Waals surface area contributed by atoms with Crippen molar-refractivity contribution in [3.8, 4) is 17.1 Å². The minimum atomic E-state index is -4.29. The maximum Gasteiger partial charge on any atom is 0.281 e. The molecule has 0 saturated carbocycles. The molecule has 218 valence electrons. The Morgan fingerprint density at radius 2 is 1.90 bits per heavy atom. The molecule has 4 heterocycles. The van der Waals surface area contributed by atoms with Crippen molar-refractivity contribution in [1.29, 1.82) is 0 Å². The molecular formula is C30H31ClN6O4S. The van der Waals surface area contributed by atoms with Crippen LogP contribution in [0.15, 0.2) is 78.0 Å². The van der Waals surface area contributed by atoms with Gasteiger partial charge in [-0.3, -0.25) is 4.79 Å². The molecule has 1 atom stereocenters. The van der Waals surface area contributed by atoms with Gasteiger partial charge < -0.3 is 15.4 Å². The zero-order valence-electron chi connectivity index (χ0n) is 23.2. The highest BCUT2D eigenvalue weighted by atomic mass is 35.5. The van der Waals surface area contributed by atoms with Gasteiger partial charge in [0.05, 0.1) is 17.4 Å². The number of piperidine rings is 1. The van der Waals surface area contributed by atoms with E-state index in [-0.39, 0.29) is 28.4 Å². The van der Waals surface area contributed by atoms with E-state index in [1.807, 2.05) is 49.1 Å². The summed E-state index contributed by atoms with van der Waals surface area (Å²) in [5.74, 6) is 0.210. The van der Waals surface area contributed by atoms with Crippen molar-refractivity contribution >= 4 is 39.2 Å². The smallest absolute Gasteiger partial charge is 0.281 e. The van der Waals surface area contributed by atoms with E-state index in [1.165, 1.54) is 18.2 Å². The van der Waals surface area contributed by atoms with Crippen LogP contribution in [0.1, 0.15) is 48.5 Å². The molecule has 0 bridgehead atoms. The molecule has 3 aromatic heterocycles. The second-order valence-corrected chi connectivity index (χ2v) is 12.4. The number of pyridine rings is 3. The van der Waals surface area contributed by atoms with E-state index >= 15 is 0 Å². The number of sulfonamides is 1. The van der Waals surface area contributed by atoms with E-state index in [4.69, 9.17) is 27.1 Å². The molecule has 0 radical (unpaired) electrons. The van der Waals surface area contributed by atoms with Crippen LogP contribution in [0.2, 0.25) is 5.02 Å². The lowest BCUT2D eigenvalue weighted by atomic mass is 9.90. The molecule has 10 nitrogen and oxygen atoms in total. The minimum absolute atomic E-state index is 0.0174. The standard InChI is InChI=1S/C30H31ClN6O4S/c1-19(2)41-27-14-11-21(17-33-27)25-13-12-24(30(38)36-42(39,40)28-10-4-9-26(32)35-28)29(34-25)37-15-5-7-22(18-37)20-6-3-8-23(31)16-20/h3-4,6,8-14,16-17,19,22H,5,7,15,18H2,1-2H3,(H2,32,35)(H,36,38). The Bertz CT molecular complexity index is 1700. The molecule has 3 N–H and O–H groups in total. The van der Waals surface area contributed by atoms with Gasteiger partial charge in [-0.25, -0.2) is 19.7 Å². The third-order valence-electron chi connectivity index (χ3n) is 6.80. The molecule has 0 spiro atoms. The number of ether oxygens (including phenoxy) is 1. The number of aromatic nitrogens is 3. The topological polar surface area (TPSA) is 140 Å². The number of nitrogens with two attached hydrogens (primary N) is 1. The van der Waals surface area contributed by atoms with Crippen LogP contribution in [-0.2, 0) is 10.0 Å². The number of hydrogen-bond donors (Lipinski definition) is 2. The molecule has 4 aromatic rings. The Kier molecular flexibility index (Phi) is 8.60.